The Bertz CT molecular complexity index is 148. The van der Waals surface area contributed by atoms with Crippen LogP contribution in [0.1, 0.15) is 19.3 Å². The fraction of sp³-hybridized carbons (Fsp3) is 1.00. The number of rotatable bonds is 4. The van der Waals surface area contributed by atoms with Crippen molar-refractivity contribution >= 4 is 0 Å². The first-order valence-corrected chi connectivity index (χ1v) is 3.50. The van der Waals surface area contributed by atoms with Crippen molar-refractivity contribution in [2.24, 2.45) is 5.73 Å². The molecule has 13 heavy (non-hydrogen) atoms. The van der Waals surface area contributed by atoms with Crippen molar-refractivity contribution in [3.05, 3.63) is 0 Å². The van der Waals surface area contributed by atoms with Gasteiger partial charge in [0.2, 0.25) is 0 Å². The smallest absolute Gasteiger partial charge is 0.270 e. The van der Waals surface area contributed by atoms with Crippen LogP contribution >= 0.6 is 0 Å². The summed E-state index contributed by atoms with van der Waals surface area (Å²) in [5.74, 6) is 0. The molecule has 0 saturated heterocycles. The topological polar surface area (TPSA) is 26.0 Å². The summed E-state index contributed by atoms with van der Waals surface area (Å²) in [7, 11) is 0. The first-order chi connectivity index (χ1) is 5.63. The van der Waals surface area contributed by atoms with E-state index in [1.54, 1.807) is 0 Å². The third kappa shape index (κ3) is 6.68. The van der Waals surface area contributed by atoms with Crippen LogP contribution in [0.25, 0.3) is 0 Å². The van der Waals surface area contributed by atoms with Crippen LogP contribution < -0.4 is 5.73 Å². The maximum absolute atomic E-state index is 12.2. The molecule has 0 amide bonds. The summed E-state index contributed by atoms with van der Waals surface area (Å²) in [5.41, 5.74) is 4.04. The minimum absolute atomic E-state index is 0.683. The molecule has 0 aliphatic rings. The van der Waals surface area contributed by atoms with E-state index < -0.39 is 37.7 Å². The highest BCUT2D eigenvalue weighted by Gasteiger charge is 2.36. The van der Waals surface area contributed by atoms with E-state index in [9.17, 15) is 26.3 Å². The van der Waals surface area contributed by atoms with Crippen LogP contribution in [-0.2, 0) is 0 Å². The highest BCUT2D eigenvalue weighted by Crippen LogP contribution is 2.26. The number of alkyl halides is 6. The van der Waals surface area contributed by atoms with Gasteiger partial charge in [-0.2, -0.15) is 22.0 Å². The second kappa shape index (κ2) is 4.17. The minimum Gasteiger partial charge on any atom is -0.270 e. The van der Waals surface area contributed by atoms with Gasteiger partial charge in [-0.05, 0) is 12.8 Å². The van der Waals surface area contributed by atoms with Crippen LogP contribution in [0.4, 0.5) is 26.3 Å². The average molecular weight is 209 g/mol. The number of nitrogens with two attached hydrogens (primary N) is 1. The molecule has 7 heteroatoms. The Morgan fingerprint density at radius 3 is 1.85 bits per heavy atom. The summed E-state index contributed by atoms with van der Waals surface area (Å²) in [5, 5.41) is 0. The molecule has 0 saturated carbocycles. The second-order valence-electron chi connectivity index (χ2n) is 2.65. The number of hydrogen-bond acceptors (Lipinski definition) is 1. The zero-order chi connectivity index (χ0) is 10.7. The quantitative estimate of drug-likeness (QED) is 0.559. The predicted molar refractivity (Wildman–Crippen MR) is 33.9 cm³/mol. The number of halogens is 6. The van der Waals surface area contributed by atoms with Crippen molar-refractivity contribution < 1.29 is 26.3 Å². The highest BCUT2D eigenvalue weighted by atomic mass is 19.4. The Labute approximate surface area is 70.9 Å². The zero-order valence-electron chi connectivity index (χ0n) is 6.54. The summed E-state index contributed by atoms with van der Waals surface area (Å²) >= 11 is 0. The highest BCUT2D eigenvalue weighted by molar-refractivity contribution is 4.70. The lowest BCUT2D eigenvalue weighted by Crippen LogP contribution is -2.39. The van der Waals surface area contributed by atoms with E-state index in [0.717, 1.165) is 0 Å². The Balaban J connectivity index is 3.67. The van der Waals surface area contributed by atoms with Crippen molar-refractivity contribution in [3.8, 4) is 0 Å². The molecule has 80 valence electrons. The van der Waals surface area contributed by atoms with Crippen LogP contribution in [0.15, 0.2) is 0 Å². The van der Waals surface area contributed by atoms with Gasteiger partial charge < -0.3 is 0 Å². The van der Waals surface area contributed by atoms with Gasteiger partial charge in [-0.25, -0.2) is 4.39 Å². The van der Waals surface area contributed by atoms with E-state index in [1.807, 2.05) is 0 Å². The molecule has 0 fully saturated rings. The van der Waals surface area contributed by atoms with Gasteiger partial charge in [0.1, 0.15) is 0 Å². The van der Waals surface area contributed by atoms with E-state index in [0.29, 0.717) is 0 Å². The lowest BCUT2D eigenvalue weighted by Gasteiger charge is -2.15. The van der Waals surface area contributed by atoms with Crippen molar-refractivity contribution in [2.45, 2.75) is 37.7 Å². The fourth-order valence-electron chi connectivity index (χ4n) is 0.674. The van der Waals surface area contributed by atoms with Crippen LogP contribution in [0, 0.1) is 0 Å². The van der Waals surface area contributed by atoms with E-state index in [4.69, 9.17) is 0 Å². The molecule has 1 nitrogen and oxygen atoms in total. The van der Waals surface area contributed by atoms with Crippen LogP contribution in [-0.4, -0.2) is 18.4 Å². The maximum Gasteiger partial charge on any atom is 0.389 e. The molecule has 0 bridgehead atoms. The van der Waals surface area contributed by atoms with Gasteiger partial charge in [0, 0.05) is 6.42 Å². The maximum atomic E-state index is 12.2. The van der Waals surface area contributed by atoms with Gasteiger partial charge in [-0.15, -0.1) is 0 Å². The molecule has 0 heterocycles. The summed E-state index contributed by atoms with van der Waals surface area (Å²) in [4.78, 5) is 0. The van der Waals surface area contributed by atoms with Gasteiger partial charge >= 0.3 is 12.2 Å². The Morgan fingerprint density at radius 1 is 1.08 bits per heavy atom. The van der Waals surface area contributed by atoms with Crippen molar-refractivity contribution in [1.82, 2.24) is 0 Å². The number of hydrogen-bond donors (Lipinski definition) is 1. The van der Waals surface area contributed by atoms with Crippen LogP contribution in [0.3, 0.4) is 0 Å². The Hall–Kier alpha value is -0.460. The molecular weight excluding hydrogens is 200 g/mol. The van der Waals surface area contributed by atoms with Gasteiger partial charge in [0.15, 0.2) is 6.17 Å². The average Bonchev–Trinajstić information content (AvgIpc) is 1.82. The normalized spacial score (nSPS) is 15.9. The van der Waals surface area contributed by atoms with Crippen molar-refractivity contribution in [1.29, 1.82) is 0 Å². The van der Waals surface area contributed by atoms with Gasteiger partial charge in [0.05, 0.1) is 0 Å². The lowest BCUT2D eigenvalue weighted by molar-refractivity contribution is -0.138. The standard InChI is InChI=1S/C6H9F6N/c7-4(6(11,12)13)2-1-3-5(8,9)10/h4H,1-3,13H2. The van der Waals surface area contributed by atoms with Gasteiger partial charge in [0.25, 0.3) is 0 Å². The molecular formula is C6H9F6N. The lowest BCUT2D eigenvalue weighted by atomic mass is 10.1. The largest absolute Gasteiger partial charge is 0.389 e. The third-order valence-corrected chi connectivity index (χ3v) is 1.34. The molecule has 0 aromatic heterocycles. The summed E-state index contributed by atoms with van der Waals surface area (Å²) in [6.45, 7) is 0. The molecule has 1 atom stereocenters. The first-order valence-electron chi connectivity index (χ1n) is 3.50. The molecule has 1 unspecified atom stereocenters. The summed E-state index contributed by atoms with van der Waals surface area (Å²) in [6, 6.07) is -4.05. The van der Waals surface area contributed by atoms with Crippen molar-refractivity contribution in [2.75, 3.05) is 0 Å². The van der Waals surface area contributed by atoms with E-state index in [-0.39, 0.29) is 0 Å². The first kappa shape index (κ1) is 12.5. The van der Waals surface area contributed by atoms with E-state index in [2.05, 4.69) is 5.73 Å². The SMILES string of the molecule is NC(F)(F)C(F)CCCC(F)(F)F. The molecule has 0 rings (SSSR count). The molecule has 2 N–H and O–H groups in total. The molecule has 0 aliphatic carbocycles. The third-order valence-electron chi connectivity index (χ3n) is 1.34. The monoisotopic (exact) mass is 209 g/mol. The zero-order valence-corrected chi connectivity index (χ0v) is 6.54. The molecule has 0 spiro atoms. The fourth-order valence-corrected chi connectivity index (χ4v) is 0.674. The van der Waals surface area contributed by atoms with Gasteiger partial charge in [-0.3, -0.25) is 5.73 Å². The molecule has 0 aromatic rings. The Morgan fingerprint density at radius 2 is 1.54 bits per heavy atom. The van der Waals surface area contributed by atoms with E-state index in [1.165, 1.54) is 0 Å². The van der Waals surface area contributed by atoms with Crippen molar-refractivity contribution in [3.63, 3.8) is 0 Å². The Kier molecular flexibility index (Phi) is 4.02. The summed E-state index contributed by atoms with van der Waals surface area (Å²) in [6.07, 6.45) is -10.00. The molecule has 0 aliphatic heterocycles. The summed E-state index contributed by atoms with van der Waals surface area (Å²) < 4.78 is 70.3. The van der Waals surface area contributed by atoms with E-state index >= 15 is 0 Å². The second-order valence-corrected chi connectivity index (χ2v) is 2.65. The molecule has 0 aromatic carbocycles. The predicted octanol–water partition coefficient (Wildman–Crippen LogP) is 2.61. The van der Waals surface area contributed by atoms with Gasteiger partial charge in [-0.1, -0.05) is 0 Å². The van der Waals surface area contributed by atoms with Crippen LogP contribution in [0.5, 0.6) is 0 Å². The molecule has 0 radical (unpaired) electrons. The minimum atomic E-state index is -4.44. The van der Waals surface area contributed by atoms with Crippen LogP contribution in [0.2, 0.25) is 0 Å².